The fourth-order valence-electron chi connectivity index (χ4n) is 1.78. The highest BCUT2D eigenvalue weighted by Gasteiger charge is 2.08. The molecule has 0 bridgehead atoms. The third-order valence-corrected chi connectivity index (χ3v) is 2.90. The van der Waals surface area contributed by atoms with Crippen LogP contribution in [0, 0.1) is 6.92 Å². The molecule has 3 nitrogen and oxygen atoms in total. The van der Waals surface area contributed by atoms with Crippen LogP contribution < -0.4 is 0 Å². The van der Waals surface area contributed by atoms with Crippen LogP contribution in [0.2, 0.25) is 0 Å². The smallest absolute Gasteiger partial charge is 0.328 e. The Bertz CT molecular complexity index is 650. The number of hydrogen-bond acceptors (Lipinski definition) is 2. The number of carboxylic acids is 1. The molecule has 2 aromatic carbocycles. The van der Waals surface area contributed by atoms with Crippen molar-refractivity contribution in [2.45, 2.75) is 6.92 Å². The molecule has 0 unspecified atom stereocenters. The van der Waals surface area contributed by atoms with Gasteiger partial charge in [0.25, 0.3) is 0 Å². The van der Waals surface area contributed by atoms with Crippen molar-refractivity contribution in [1.29, 1.82) is 0 Å². The minimum absolute atomic E-state index is 0.0428. The van der Waals surface area contributed by atoms with Crippen LogP contribution >= 0.6 is 0 Å². The van der Waals surface area contributed by atoms with Crippen LogP contribution in [0.15, 0.2) is 54.6 Å². The molecule has 0 aliphatic carbocycles. The van der Waals surface area contributed by atoms with E-state index in [1.165, 1.54) is 6.08 Å². The largest absolute Gasteiger partial charge is 0.478 e. The fraction of sp³-hybridized carbons (Fsp3) is 0.0588. The van der Waals surface area contributed by atoms with Crippen molar-refractivity contribution in [1.82, 2.24) is 0 Å². The van der Waals surface area contributed by atoms with Crippen molar-refractivity contribution >= 4 is 17.8 Å². The van der Waals surface area contributed by atoms with Crippen LogP contribution in [0.1, 0.15) is 27.0 Å². The lowest BCUT2D eigenvalue weighted by atomic mass is 10.0. The van der Waals surface area contributed by atoms with E-state index in [4.69, 9.17) is 5.11 Å². The molecular formula is C17H14O3. The van der Waals surface area contributed by atoms with Gasteiger partial charge >= 0.3 is 5.97 Å². The maximum atomic E-state index is 12.2. The first kappa shape index (κ1) is 13.7. The number of aliphatic carboxylic acids is 1. The standard InChI is InChI=1S/C17H14O3/c1-12-2-7-14(8-3-12)17(20)15-9-4-13(5-10-15)6-11-16(18)19/h2-11H,1H3,(H,18,19)/b11-6+. The highest BCUT2D eigenvalue weighted by atomic mass is 16.4. The number of aryl methyl sites for hydroxylation is 1. The quantitative estimate of drug-likeness (QED) is 0.682. The number of ketones is 1. The summed E-state index contributed by atoms with van der Waals surface area (Å²) in [4.78, 5) is 22.6. The van der Waals surface area contributed by atoms with E-state index in [9.17, 15) is 9.59 Å². The van der Waals surface area contributed by atoms with Crippen molar-refractivity contribution < 1.29 is 14.7 Å². The predicted octanol–water partition coefficient (Wildman–Crippen LogP) is 3.32. The molecule has 0 saturated carbocycles. The summed E-state index contributed by atoms with van der Waals surface area (Å²) in [6, 6.07) is 14.2. The number of carbonyl (C=O) groups is 2. The van der Waals surface area contributed by atoms with Gasteiger partial charge in [-0.1, -0.05) is 54.1 Å². The Morgan fingerprint density at radius 2 is 1.40 bits per heavy atom. The van der Waals surface area contributed by atoms with Gasteiger partial charge in [0.2, 0.25) is 0 Å². The van der Waals surface area contributed by atoms with Crippen molar-refractivity contribution in [2.24, 2.45) is 0 Å². The molecular weight excluding hydrogens is 252 g/mol. The minimum Gasteiger partial charge on any atom is -0.478 e. The van der Waals surface area contributed by atoms with Gasteiger partial charge < -0.3 is 5.11 Å². The Kier molecular flexibility index (Phi) is 4.11. The summed E-state index contributed by atoms with van der Waals surface area (Å²) in [6.45, 7) is 1.97. The molecule has 0 aliphatic heterocycles. The molecule has 0 atom stereocenters. The van der Waals surface area contributed by atoms with Gasteiger partial charge in [-0.3, -0.25) is 4.79 Å². The van der Waals surface area contributed by atoms with Gasteiger partial charge in [-0.25, -0.2) is 4.79 Å². The second kappa shape index (κ2) is 5.97. The highest BCUT2D eigenvalue weighted by Crippen LogP contribution is 2.13. The number of carboxylic acid groups (broad SMARTS) is 1. The Morgan fingerprint density at radius 3 is 1.90 bits per heavy atom. The van der Waals surface area contributed by atoms with E-state index < -0.39 is 5.97 Å². The monoisotopic (exact) mass is 266 g/mol. The average molecular weight is 266 g/mol. The van der Waals surface area contributed by atoms with E-state index in [1.807, 2.05) is 19.1 Å². The zero-order valence-electron chi connectivity index (χ0n) is 11.0. The summed E-state index contributed by atoms with van der Waals surface area (Å²) in [6.07, 6.45) is 2.55. The molecule has 1 N–H and O–H groups in total. The van der Waals surface area contributed by atoms with Crippen molar-refractivity contribution in [3.63, 3.8) is 0 Å². The highest BCUT2D eigenvalue weighted by molar-refractivity contribution is 6.09. The summed E-state index contributed by atoms with van der Waals surface area (Å²) in [7, 11) is 0. The van der Waals surface area contributed by atoms with Gasteiger partial charge in [0.05, 0.1) is 0 Å². The van der Waals surface area contributed by atoms with E-state index in [1.54, 1.807) is 36.4 Å². The number of benzene rings is 2. The fourth-order valence-corrected chi connectivity index (χ4v) is 1.78. The van der Waals surface area contributed by atoms with Gasteiger partial charge in [-0.15, -0.1) is 0 Å². The van der Waals surface area contributed by atoms with Gasteiger partial charge in [0.15, 0.2) is 5.78 Å². The topological polar surface area (TPSA) is 54.4 Å². The van der Waals surface area contributed by atoms with Gasteiger partial charge in [-0.05, 0) is 18.6 Å². The van der Waals surface area contributed by atoms with Crippen LogP contribution in [0.5, 0.6) is 0 Å². The Labute approximate surface area is 117 Å². The van der Waals surface area contributed by atoms with E-state index >= 15 is 0 Å². The maximum Gasteiger partial charge on any atom is 0.328 e. The Balaban J connectivity index is 2.19. The summed E-state index contributed by atoms with van der Waals surface area (Å²) < 4.78 is 0. The van der Waals surface area contributed by atoms with E-state index in [2.05, 4.69) is 0 Å². The summed E-state index contributed by atoms with van der Waals surface area (Å²) in [5.74, 6) is -1.04. The van der Waals surface area contributed by atoms with E-state index in [-0.39, 0.29) is 5.78 Å². The predicted molar refractivity (Wildman–Crippen MR) is 77.7 cm³/mol. The van der Waals surface area contributed by atoms with Crippen LogP contribution in [-0.4, -0.2) is 16.9 Å². The first-order valence-corrected chi connectivity index (χ1v) is 6.19. The second-order valence-corrected chi connectivity index (χ2v) is 4.49. The average Bonchev–Trinajstić information content (AvgIpc) is 2.46. The molecule has 0 heterocycles. The van der Waals surface area contributed by atoms with Gasteiger partial charge in [0.1, 0.15) is 0 Å². The first-order chi connectivity index (χ1) is 9.56. The maximum absolute atomic E-state index is 12.2. The number of carbonyl (C=O) groups excluding carboxylic acids is 1. The van der Waals surface area contributed by atoms with Gasteiger partial charge in [-0.2, -0.15) is 0 Å². The molecule has 20 heavy (non-hydrogen) atoms. The lowest BCUT2D eigenvalue weighted by Gasteiger charge is -2.02. The van der Waals surface area contributed by atoms with Crippen molar-refractivity contribution in [3.8, 4) is 0 Å². The zero-order chi connectivity index (χ0) is 14.5. The van der Waals surface area contributed by atoms with Crippen molar-refractivity contribution in [3.05, 3.63) is 76.9 Å². The Hall–Kier alpha value is -2.68. The molecule has 0 aromatic heterocycles. The van der Waals surface area contributed by atoms with Crippen LogP contribution in [0.25, 0.3) is 6.08 Å². The molecule has 0 spiro atoms. The van der Waals surface area contributed by atoms with Gasteiger partial charge in [0, 0.05) is 17.2 Å². The zero-order valence-corrected chi connectivity index (χ0v) is 11.0. The SMILES string of the molecule is Cc1ccc(C(=O)c2ccc(/C=C/C(=O)O)cc2)cc1. The van der Waals surface area contributed by atoms with Crippen LogP contribution in [0.4, 0.5) is 0 Å². The first-order valence-electron chi connectivity index (χ1n) is 6.19. The number of rotatable bonds is 4. The molecule has 2 aromatic rings. The normalized spacial score (nSPS) is 10.7. The summed E-state index contributed by atoms with van der Waals surface area (Å²) in [5.41, 5.74) is 3.08. The van der Waals surface area contributed by atoms with E-state index in [0.717, 1.165) is 17.2 Å². The second-order valence-electron chi connectivity index (χ2n) is 4.49. The Morgan fingerprint density at radius 1 is 0.900 bits per heavy atom. The molecule has 2 rings (SSSR count). The summed E-state index contributed by atoms with van der Waals surface area (Å²) in [5, 5.41) is 8.55. The van der Waals surface area contributed by atoms with Crippen LogP contribution in [-0.2, 0) is 4.79 Å². The molecule has 0 amide bonds. The lowest BCUT2D eigenvalue weighted by Crippen LogP contribution is -2.00. The minimum atomic E-state index is -0.996. The van der Waals surface area contributed by atoms with E-state index in [0.29, 0.717) is 11.1 Å². The molecule has 3 heteroatoms. The third kappa shape index (κ3) is 3.42. The molecule has 0 radical (unpaired) electrons. The molecule has 0 saturated heterocycles. The molecule has 0 aliphatic rings. The van der Waals surface area contributed by atoms with Crippen LogP contribution in [0.3, 0.4) is 0 Å². The summed E-state index contributed by atoms with van der Waals surface area (Å²) >= 11 is 0. The van der Waals surface area contributed by atoms with Crippen molar-refractivity contribution in [2.75, 3.05) is 0 Å². The molecule has 100 valence electrons. The lowest BCUT2D eigenvalue weighted by molar-refractivity contribution is -0.131. The molecule has 0 fully saturated rings. The third-order valence-electron chi connectivity index (χ3n) is 2.90. The number of hydrogen-bond donors (Lipinski definition) is 1.